The number of carbonyl (C=O) groups excluding carboxylic acids is 1. The number of nitrogens with zero attached hydrogens (tertiary/aromatic N) is 3. The molecule has 4 aromatic rings. The van der Waals surface area contributed by atoms with E-state index in [9.17, 15) is 18.0 Å². The molecule has 0 aliphatic heterocycles. The molecule has 0 fully saturated rings. The SMILES string of the molecule is NC(=O)c1ccc(Nc2nc3cccc(-c4cccc(OC(F)(F)F)c4)n3n2)cc1. The van der Waals surface area contributed by atoms with E-state index in [0.717, 1.165) is 0 Å². The number of fused-ring (bicyclic) bond motifs is 1. The van der Waals surface area contributed by atoms with E-state index in [1.165, 1.54) is 22.7 Å². The fourth-order valence-electron chi connectivity index (χ4n) is 2.88. The van der Waals surface area contributed by atoms with E-state index < -0.39 is 12.3 Å². The number of amides is 1. The first-order valence-electron chi connectivity index (χ1n) is 8.67. The topological polar surface area (TPSA) is 94.5 Å². The minimum atomic E-state index is -4.78. The normalized spacial score (nSPS) is 11.4. The number of carbonyl (C=O) groups is 1. The molecule has 0 spiro atoms. The Morgan fingerprint density at radius 3 is 2.47 bits per heavy atom. The largest absolute Gasteiger partial charge is 0.573 e. The van der Waals surface area contributed by atoms with Gasteiger partial charge in [-0.1, -0.05) is 18.2 Å². The lowest BCUT2D eigenvalue weighted by Gasteiger charge is -2.10. The van der Waals surface area contributed by atoms with Crippen molar-refractivity contribution >= 4 is 23.2 Å². The number of nitrogens with two attached hydrogens (primary N) is 1. The highest BCUT2D eigenvalue weighted by Crippen LogP contribution is 2.28. The summed E-state index contributed by atoms with van der Waals surface area (Å²) in [5, 5.41) is 7.40. The van der Waals surface area contributed by atoms with Crippen LogP contribution in [0.25, 0.3) is 16.9 Å². The fraction of sp³-hybridized carbons (Fsp3) is 0.0500. The number of rotatable bonds is 5. The molecule has 0 radical (unpaired) electrons. The Balaban J connectivity index is 1.66. The molecule has 0 aliphatic rings. The van der Waals surface area contributed by atoms with Crippen LogP contribution in [0.15, 0.2) is 66.7 Å². The maximum absolute atomic E-state index is 12.5. The molecule has 0 aliphatic carbocycles. The molecule has 2 aromatic carbocycles. The number of benzene rings is 2. The van der Waals surface area contributed by atoms with Gasteiger partial charge < -0.3 is 15.8 Å². The molecule has 0 saturated carbocycles. The van der Waals surface area contributed by atoms with E-state index in [1.54, 1.807) is 48.5 Å². The van der Waals surface area contributed by atoms with E-state index in [4.69, 9.17) is 5.73 Å². The second-order valence-electron chi connectivity index (χ2n) is 6.26. The van der Waals surface area contributed by atoms with Gasteiger partial charge in [0.1, 0.15) is 5.75 Å². The summed E-state index contributed by atoms with van der Waals surface area (Å²) >= 11 is 0. The summed E-state index contributed by atoms with van der Waals surface area (Å²) < 4.78 is 43.1. The van der Waals surface area contributed by atoms with Crippen molar-refractivity contribution in [2.75, 3.05) is 5.32 Å². The molecule has 0 saturated heterocycles. The first-order chi connectivity index (χ1) is 14.3. The van der Waals surface area contributed by atoms with Crippen molar-refractivity contribution in [1.82, 2.24) is 14.6 Å². The zero-order valence-electron chi connectivity index (χ0n) is 15.2. The van der Waals surface area contributed by atoms with Crippen molar-refractivity contribution in [2.24, 2.45) is 5.73 Å². The Morgan fingerprint density at radius 2 is 1.77 bits per heavy atom. The molecule has 1 amide bonds. The third-order valence-corrected chi connectivity index (χ3v) is 4.15. The van der Waals surface area contributed by atoms with E-state index >= 15 is 0 Å². The van der Waals surface area contributed by atoms with Gasteiger partial charge >= 0.3 is 6.36 Å². The van der Waals surface area contributed by atoms with Crippen LogP contribution in [0.4, 0.5) is 24.8 Å². The van der Waals surface area contributed by atoms with Crippen molar-refractivity contribution < 1.29 is 22.7 Å². The van der Waals surface area contributed by atoms with Crippen LogP contribution in [0.5, 0.6) is 5.75 Å². The Bertz CT molecular complexity index is 1220. The number of anilines is 2. The fourth-order valence-corrected chi connectivity index (χ4v) is 2.88. The van der Waals surface area contributed by atoms with Crippen LogP contribution in [0, 0.1) is 0 Å². The van der Waals surface area contributed by atoms with Gasteiger partial charge in [-0.2, -0.15) is 4.98 Å². The molecule has 4 rings (SSSR count). The minimum Gasteiger partial charge on any atom is -0.406 e. The first-order valence-corrected chi connectivity index (χ1v) is 8.67. The molecule has 2 aromatic heterocycles. The van der Waals surface area contributed by atoms with Gasteiger partial charge in [0.25, 0.3) is 0 Å². The third kappa shape index (κ3) is 4.17. The number of primary amides is 1. The highest BCUT2D eigenvalue weighted by Gasteiger charge is 2.31. The minimum absolute atomic E-state index is 0.275. The van der Waals surface area contributed by atoms with Gasteiger partial charge in [-0.3, -0.25) is 4.79 Å². The maximum Gasteiger partial charge on any atom is 0.573 e. The van der Waals surface area contributed by atoms with Crippen LogP contribution in [-0.2, 0) is 0 Å². The monoisotopic (exact) mass is 413 g/mol. The van der Waals surface area contributed by atoms with Gasteiger partial charge in [-0.05, 0) is 48.5 Å². The Labute approximate surface area is 167 Å². The lowest BCUT2D eigenvalue weighted by Crippen LogP contribution is -2.17. The van der Waals surface area contributed by atoms with Gasteiger partial charge in [0.05, 0.1) is 5.69 Å². The van der Waals surface area contributed by atoms with Crippen molar-refractivity contribution in [3.05, 3.63) is 72.3 Å². The summed E-state index contributed by atoms with van der Waals surface area (Å²) in [5.74, 6) is -0.587. The molecule has 0 bridgehead atoms. The number of aromatic nitrogens is 3. The zero-order valence-corrected chi connectivity index (χ0v) is 15.2. The molecule has 3 N–H and O–H groups in total. The Kier molecular flexibility index (Phi) is 4.74. The van der Waals surface area contributed by atoms with Crippen LogP contribution >= 0.6 is 0 Å². The summed E-state index contributed by atoms with van der Waals surface area (Å²) in [6.45, 7) is 0. The van der Waals surface area contributed by atoms with Crippen LogP contribution in [-0.4, -0.2) is 26.9 Å². The molecular formula is C20H14F3N5O2. The average molecular weight is 413 g/mol. The number of hydrogen-bond donors (Lipinski definition) is 2. The van der Waals surface area contributed by atoms with Crippen LogP contribution < -0.4 is 15.8 Å². The number of alkyl halides is 3. The van der Waals surface area contributed by atoms with E-state index in [0.29, 0.717) is 28.2 Å². The van der Waals surface area contributed by atoms with Gasteiger partial charge in [0, 0.05) is 16.8 Å². The molecule has 7 nitrogen and oxygen atoms in total. The molecule has 152 valence electrons. The summed E-state index contributed by atoms with van der Waals surface area (Å²) in [6, 6.07) is 17.2. The number of nitrogens with one attached hydrogen (secondary N) is 1. The predicted octanol–water partition coefficient (Wildman–Crippen LogP) is 4.14. The molecule has 0 unspecified atom stereocenters. The molecular weight excluding hydrogens is 399 g/mol. The highest BCUT2D eigenvalue weighted by molar-refractivity contribution is 5.93. The summed E-state index contributed by atoms with van der Waals surface area (Å²) in [4.78, 5) is 15.5. The second-order valence-corrected chi connectivity index (χ2v) is 6.26. The van der Waals surface area contributed by atoms with Crippen molar-refractivity contribution in [1.29, 1.82) is 0 Å². The lowest BCUT2D eigenvalue weighted by atomic mass is 10.1. The molecule has 30 heavy (non-hydrogen) atoms. The Hall–Kier alpha value is -4.08. The van der Waals surface area contributed by atoms with Gasteiger partial charge in [0.15, 0.2) is 5.65 Å². The van der Waals surface area contributed by atoms with Gasteiger partial charge in [-0.15, -0.1) is 18.3 Å². The van der Waals surface area contributed by atoms with Gasteiger partial charge in [-0.25, -0.2) is 4.52 Å². The van der Waals surface area contributed by atoms with Crippen LogP contribution in [0.1, 0.15) is 10.4 Å². The standard InChI is InChI=1S/C20H14F3N5O2/c21-20(22,23)30-15-4-1-3-13(11-15)16-5-2-6-17-26-19(27-28(16)17)25-14-9-7-12(8-10-14)18(24)29/h1-11H,(H2,24,29)(H,25,27). The Morgan fingerprint density at radius 1 is 1.03 bits per heavy atom. The van der Waals surface area contributed by atoms with Crippen molar-refractivity contribution in [3.63, 3.8) is 0 Å². The summed E-state index contributed by atoms with van der Waals surface area (Å²) in [5.41, 5.74) is 7.73. The third-order valence-electron chi connectivity index (χ3n) is 4.15. The summed E-state index contributed by atoms with van der Waals surface area (Å²) in [7, 11) is 0. The lowest BCUT2D eigenvalue weighted by molar-refractivity contribution is -0.274. The smallest absolute Gasteiger partial charge is 0.406 e. The van der Waals surface area contributed by atoms with Crippen molar-refractivity contribution in [2.45, 2.75) is 6.36 Å². The van der Waals surface area contributed by atoms with E-state index in [2.05, 4.69) is 20.1 Å². The quantitative estimate of drug-likeness (QED) is 0.513. The predicted molar refractivity (Wildman–Crippen MR) is 103 cm³/mol. The molecule has 10 heteroatoms. The number of pyridine rings is 1. The van der Waals surface area contributed by atoms with Crippen LogP contribution in [0.3, 0.4) is 0 Å². The van der Waals surface area contributed by atoms with Crippen LogP contribution in [0.2, 0.25) is 0 Å². The first kappa shape index (κ1) is 19.2. The molecule has 0 atom stereocenters. The van der Waals surface area contributed by atoms with Crippen molar-refractivity contribution in [3.8, 4) is 17.0 Å². The maximum atomic E-state index is 12.5. The van der Waals surface area contributed by atoms with E-state index in [1.807, 2.05) is 0 Å². The molecule has 2 heterocycles. The van der Waals surface area contributed by atoms with Gasteiger partial charge in [0.2, 0.25) is 11.9 Å². The highest BCUT2D eigenvalue weighted by atomic mass is 19.4. The number of hydrogen-bond acceptors (Lipinski definition) is 5. The number of ether oxygens (including phenoxy) is 1. The second kappa shape index (κ2) is 7.39. The number of halogens is 3. The summed E-state index contributed by atoms with van der Waals surface area (Å²) in [6.07, 6.45) is -4.78. The average Bonchev–Trinajstić information content (AvgIpc) is 3.09. The van der Waals surface area contributed by atoms with E-state index in [-0.39, 0.29) is 11.7 Å². The zero-order chi connectivity index (χ0) is 21.3.